The largest absolute Gasteiger partial charge is 0.439 e. The predicted octanol–water partition coefficient (Wildman–Crippen LogP) is 0.480. The highest BCUT2D eigenvalue weighted by Crippen LogP contribution is 2.32. The molecule has 2 N–H and O–H groups in total. The summed E-state index contributed by atoms with van der Waals surface area (Å²) in [6.45, 7) is 2.09. The minimum atomic E-state index is -0.432. The van der Waals surface area contributed by atoms with E-state index in [1.165, 1.54) is 0 Å². The SMILES string of the molecule is CN1C[C@]2(CCCN(c3nccc(N)n3)C2)OC1=O. The van der Waals surface area contributed by atoms with Gasteiger partial charge in [0, 0.05) is 19.8 Å². The van der Waals surface area contributed by atoms with Crippen molar-refractivity contribution in [2.75, 3.05) is 37.3 Å². The molecule has 2 saturated heterocycles. The molecule has 102 valence electrons. The van der Waals surface area contributed by atoms with Crippen LogP contribution in [0.15, 0.2) is 12.3 Å². The summed E-state index contributed by atoms with van der Waals surface area (Å²) in [5, 5.41) is 0. The van der Waals surface area contributed by atoms with Gasteiger partial charge in [0.05, 0.1) is 13.1 Å². The quantitative estimate of drug-likeness (QED) is 0.793. The molecule has 0 radical (unpaired) electrons. The number of aromatic nitrogens is 2. The molecule has 3 rings (SSSR count). The van der Waals surface area contributed by atoms with Crippen LogP contribution >= 0.6 is 0 Å². The molecule has 7 nitrogen and oxygen atoms in total. The fourth-order valence-electron chi connectivity index (χ4n) is 2.79. The molecule has 1 amide bonds. The van der Waals surface area contributed by atoms with Crippen molar-refractivity contribution in [2.45, 2.75) is 18.4 Å². The van der Waals surface area contributed by atoms with E-state index in [-0.39, 0.29) is 6.09 Å². The molecule has 19 heavy (non-hydrogen) atoms. The van der Waals surface area contributed by atoms with Crippen molar-refractivity contribution < 1.29 is 9.53 Å². The molecule has 0 unspecified atom stereocenters. The molecule has 1 aromatic heterocycles. The average Bonchev–Trinajstić information content (AvgIpc) is 2.64. The van der Waals surface area contributed by atoms with Gasteiger partial charge in [-0.1, -0.05) is 0 Å². The smallest absolute Gasteiger partial charge is 0.410 e. The van der Waals surface area contributed by atoms with Crippen LogP contribution in [0.4, 0.5) is 16.6 Å². The van der Waals surface area contributed by atoms with Gasteiger partial charge < -0.3 is 20.3 Å². The molecule has 0 bridgehead atoms. The fraction of sp³-hybridized carbons (Fsp3) is 0.583. The van der Waals surface area contributed by atoms with Crippen molar-refractivity contribution in [1.29, 1.82) is 0 Å². The number of rotatable bonds is 1. The summed E-state index contributed by atoms with van der Waals surface area (Å²) >= 11 is 0. The Bertz CT molecular complexity index is 509. The molecule has 0 aromatic carbocycles. The van der Waals surface area contributed by atoms with Crippen LogP contribution < -0.4 is 10.6 Å². The second-order valence-corrected chi connectivity index (χ2v) is 5.21. The molecule has 7 heteroatoms. The summed E-state index contributed by atoms with van der Waals surface area (Å²) in [6.07, 6.45) is 3.21. The van der Waals surface area contributed by atoms with E-state index in [0.717, 1.165) is 19.4 Å². The lowest BCUT2D eigenvalue weighted by Crippen LogP contribution is -2.51. The third-order valence-corrected chi connectivity index (χ3v) is 3.63. The van der Waals surface area contributed by atoms with E-state index in [2.05, 4.69) is 9.97 Å². The topological polar surface area (TPSA) is 84.6 Å². The van der Waals surface area contributed by atoms with Crippen molar-refractivity contribution in [3.05, 3.63) is 12.3 Å². The minimum Gasteiger partial charge on any atom is -0.439 e. The van der Waals surface area contributed by atoms with E-state index in [4.69, 9.17) is 10.5 Å². The normalized spacial score (nSPS) is 26.9. The maximum Gasteiger partial charge on any atom is 0.410 e. The van der Waals surface area contributed by atoms with Crippen LogP contribution in [0.1, 0.15) is 12.8 Å². The van der Waals surface area contributed by atoms with Crippen molar-refractivity contribution in [2.24, 2.45) is 0 Å². The summed E-state index contributed by atoms with van der Waals surface area (Å²) in [5.41, 5.74) is 5.25. The monoisotopic (exact) mass is 263 g/mol. The van der Waals surface area contributed by atoms with Gasteiger partial charge in [0.15, 0.2) is 0 Å². The number of nitrogens with zero attached hydrogens (tertiary/aromatic N) is 4. The second kappa shape index (κ2) is 4.25. The number of ether oxygens (including phenoxy) is 1. The molecule has 2 aliphatic heterocycles. The van der Waals surface area contributed by atoms with Gasteiger partial charge in [-0.25, -0.2) is 9.78 Å². The van der Waals surface area contributed by atoms with Gasteiger partial charge in [-0.3, -0.25) is 0 Å². The van der Waals surface area contributed by atoms with Crippen molar-refractivity contribution in [1.82, 2.24) is 14.9 Å². The number of likely N-dealkylation sites (N-methyl/N-ethyl adjacent to an activating group) is 1. The molecule has 2 aliphatic rings. The third-order valence-electron chi connectivity index (χ3n) is 3.63. The molecule has 0 saturated carbocycles. The first-order valence-electron chi connectivity index (χ1n) is 6.36. The van der Waals surface area contributed by atoms with Crippen LogP contribution in [0.3, 0.4) is 0 Å². The van der Waals surface area contributed by atoms with Crippen molar-refractivity contribution >= 4 is 17.9 Å². The number of hydrogen-bond acceptors (Lipinski definition) is 6. The van der Waals surface area contributed by atoms with E-state index in [9.17, 15) is 4.79 Å². The summed E-state index contributed by atoms with van der Waals surface area (Å²) in [6, 6.07) is 1.66. The van der Waals surface area contributed by atoms with Gasteiger partial charge in [0.2, 0.25) is 5.95 Å². The first kappa shape index (κ1) is 12.0. The van der Waals surface area contributed by atoms with E-state index in [1.54, 1.807) is 24.2 Å². The Hall–Kier alpha value is -2.05. The minimum absolute atomic E-state index is 0.254. The van der Waals surface area contributed by atoms with Gasteiger partial charge in [-0.05, 0) is 18.9 Å². The Labute approximate surface area is 111 Å². The first-order valence-corrected chi connectivity index (χ1v) is 6.36. The Morgan fingerprint density at radius 3 is 3.00 bits per heavy atom. The highest BCUT2D eigenvalue weighted by molar-refractivity contribution is 5.70. The lowest BCUT2D eigenvalue weighted by Gasteiger charge is -2.38. The number of anilines is 2. The predicted molar refractivity (Wildman–Crippen MR) is 69.7 cm³/mol. The number of nitrogens with two attached hydrogens (primary N) is 1. The van der Waals surface area contributed by atoms with Crippen molar-refractivity contribution in [3.63, 3.8) is 0 Å². The summed E-state index contributed by atoms with van der Waals surface area (Å²) in [5.74, 6) is 1.05. The third kappa shape index (κ3) is 2.16. The number of piperidine rings is 1. The standard InChI is InChI=1S/C12H17N5O2/c1-16-7-12(19-11(16)18)4-2-6-17(8-12)10-14-5-3-9(13)15-10/h3,5H,2,4,6-8H2,1H3,(H2,13,14,15)/t12-/m0/s1. The lowest BCUT2D eigenvalue weighted by atomic mass is 9.93. The Balaban J connectivity index is 1.81. The molecule has 0 aliphatic carbocycles. The van der Waals surface area contributed by atoms with Crippen LogP contribution in [0.5, 0.6) is 0 Å². The maximum absolute atomic E-state index is 11.6. The average molecular weight is 263 g/mol. The van der Waals surface area contributed by atoms with E-state index < -0.39 is 5.60 Å². The Morgan fingerprint density at radius 1 is 1.47 bits per heavy atom. The van der Waals surface area contributed by atoms with Gasteiger partial charge >= 0.3 is 6.09 Å². The zero-order chi connectivity index (χ0) is 13.5. The van der Waals surface area contributed by atoms with Gasteiger partial charge in [-0.15, -0.1) is 0 Å². The van der Waals surface area contributed by atoms with Crippen LogP contribution in [-0.4, -0.2) is 53.2 Å². The van der Waals surface area contributed by atoms with Gasteiger partial charge in [-0.2, -0.15) is 4.98 Å². The Kier molecular flexibility index (Phi) is 2.69. The van der Waals surface area contributed by atoms with Crippen LogP contribution in [0.25, 0.3) is 0 Å². The highest BCUT2D eigenvalue weighted by Gasteiger charge is 2.46. The molecule has 2 fully saturated rings. The number of amides is 1. The highest BCUT2D eigenvalue weighted by atomic mass is 16.6. The van der Waals surface area contributed by atoms with E-state index in [1.807, 2.05) is 4.90 Å². The van der Waals surface area contributed by atoms with Crippen molar-refractivity contribution in [3.8, 4) is 0 Å². The fourth-order valence-corrected chi connectivity index (χ4v) is 2.79. The number of hydrogen-bond donors (Lipinski definition) is 1. The summed E-state index contributed by atoms with van der Waals surface area (Å²) in [4.78, 5) is 23.7. The number of nitrogen functional groups attached to an aromatic ring is 1. The van der Waals surface area contributed by atoms with Crippen LogP contribution in [0.2, 0.25) is 0 Å². The Morgan fingerprint density at radius 2 is 2.32 bits per heavy atom. The van der Waals surface area contributed by atoms with Gasteiger partial charge in [0.1, 0.15) is 11.4 Å². The molecule has 1 aromatic rings. The second-order valence-electron chi connectivity index (χ2n) is 5.21. The van der Waals surface area contributed by atoms with E-state index >= 15 is 0 Å². The molecular weight excluding hydrogens is 246 g/mol. The maximum atomic E-state index is 11.6. The number of carbonyl (C=O) groups excluding carboxylic acids is 1. The molecular formula is C12H17N5O2. The van der Waals surface area contributed by atoms with Crippen LogP contribution in [0, 0.1) is 0 Å². The lowest BCUT2D eigenvalue weighted by molar-refractivity contribution is 0.0443. The molecule has 1 spiro atoms. The zero-order valence-corrected chi connectivity index (χ0v) is 10.9. The molecule has 3 heterocycles. The van der Waals surface area contributed by atoms with Crippen LogP contribution in [-0.2, 0) is 4.74 Å². The number of carbonyl (C=O) groups is 1. The molecule has 1 atom stereocenters. The first-order chi connectivity index (χ1) is 9.08. The van der Waals surface area contributed by atoms with Gasteiger partial charge in [0.25, 0.3) is 0 Å². The zero-order valence-electron chi connectivity index (χ0n) is 10.9. The van der Waals surface area contributed by atoms with E-state index in [0.29, 0.717) is 24.9 Å². The summed E-state index contributed by atoms with van der Waals surface area (Å²) < 4.78 is 5.54. The summed E-state index contributed by atoms with van der Waals surface area (Å²) in [7, 11) is 1.76.